The van der Waals surface area contributed by atoms with E-state index in [1.54, 1.807) is 0 Å². The van der Waals surface area contributed by atoms with Gasteiger partial charge in [0.15, 0.2) is 0 Å². The fourth-order valence-corrected chi connectivity index (χ4v) is 3.92. The molecule has 3 heteroatoms. The molecule has 13 heavy (non-hydrogen) atoms. The van der Waals surface area contributed by atoms with Crippen molar-refractivity contribution in [3.8, 4) is 0 Å². The summed E-state index contributed by atoms with van der Waals surface area (Å²) in [5.74, 6) is 0. The molecule has 0 atom stereocenters. The summed E-state index contributed by atoms with van der Waals surface area (Å²) >= 11 is 0. The van der Waals surface area contributed by atoms with Crippen molar-refractivity contribution < 1.29 is 10.2 Å². The van der Waals surface area contributed by atoms with E-state index in [1.165, 1.54) is 0 Å². The van der Waals surface area contributed by atoms with Crippen LogP contribution in [0.15, 0.2) is 0 Å². The van der Waals surface area contributed by atoms with Crippen molar-refractivity contribution in [2.45, 2.75) is 38.8 Å². The lowest BCUT2D eigenvalue weighted by Crippen LogP contribution is -2.16. The Morgan fingerprint density at radius 3 is 1.54 bits per heavy atom. The molecule has 0 fully saturated rings. The van der Waals surface area contributed by atoms with E-state index in [1.807, 2.05) is 0 Å². The van der Waals surface area contributed by atoms with Gasteiger partial charge in [-0.1, -0.05) is 20.8 Å². The van der Waals surface area contributed by atoms with Crippen LogP contribution in [0.2, 0.25) is 0 Å². The van der Waals surface area contributed by atoms with Gasteiger partial charge in [0.2, 0.25) is 0 Å². The Morgan fingerprint density at radius 2 is 1.31 bits per heavy atom. The highest BCUT2D eigenvalue weighted by Gasteiger charge is 2.22. The van der Waals surface area contributed by atoms with Crippen molar-refractivity contribution in [3.63, 3.8) is 0 Å². The summed E-state index contributed by atoms with van der Waals surface area (Å²) in [4.78, 5) is 0. The molecule has 0 bridgehead atoms. The number of aliphatic hydroxyl groups is 2. The van der Waals surface area contributed by atoms with Crippen LogP contribution in [0.1, 0.15) is 33.6 Å². The second-order valence-corrected chi connectivity index (χ2v) is 7.63. The molecule has 0 aliphatic heterocycles. The molecule has 0 radical (unpaired) electrons. The van der Waals surface area contributed by atoms with Crippen LogP contribution in [0, 0.1) is 0 Å². The standard InChI is InChI=1S/C10H23O2P/c1-10(2,3)13(8-4-6-11)9-5-7-12/h11-12H,4-9H2,1-3H3. The topological polar surface area (TPSA) is 40.5 Å². The van der Waals surface area contributed by atoms with Crippen molar-refractivity contribution in [2.75, 3.05) is 25.5 Å². The summed E-state index contributed by atoms with van der Waals surface area (Å²) in [5.41, 5.74) is 0. The van der Waals surface area contributed by atoms with Crippen molar-refractivity contribution in [1.82, 2.24) is 0 Å². The van der Waals surface area contributed by atoms with Crippen molar-refractivity contribution in [2.24, 2.45) is 0 Å². The molecular formula is C10H23O2P. The minimum absolute atomic E-state index is 0.0335. The lowest BCUT2D eigenvalue weighted by molar-refractivity contribution is 0.294. The minimum atomic E-state index is -0.0335. The van der Waals surface area contributed by atoms with E-state index in [0.29, 0.717) is 18.4 Å². The van der Waals surface area contributed by atoms with Gasteiger partial charge < -0.3 is 10.2 Å². The molecule has 0 aromatic heterocycles. The van der Waals surface area contributed by atoms with Gasteiger partial charge in [-0.3, -0.25) is 0 Å². The van der Waals surface area contributed by atoms with Gasteiger partial charge in [0, 0.05) is 13.2 Å². The molecule has 0 spiro atoms. The average molecular weight is 206 g/mol. The predicted molar refractivity (Wildman–Crippen MR) is 59.8 cm³/mol. The Hall–Kier alpha value is 0.350. The van der Waals surface area contributed by atoms with Crippen LogP contribution in [0.3, 0.4) is 0 Å². The Kier molecular flexibility index (Phi) is 6.93. The molecule has 2 nitrogen and oxygen atoms in total. The average Bonchev–Trinajstić information content (AvgIpc) is 2.02. The van der Waals surface area contributed by atoms with Crippen molar-refractivity contribution >= 4 is 7.92 Å². The quantitative estimate of drug-likeness (QED) is 0.653. The lowest BCUT2D eigenvalue weighted by atomic mass is 10.3. The molecular weight excluding hydrogens is 183 g/mol. The highest BCUT2D eigenvalue weighted by atomic mass is 31.1. The Balaban J connectivity index is 3.88. The Bertz CT molecular complexity index is 113. The first-order chi connectivity index (χ1) is 6.02. The lowest BCUT2D eigenvalue weighted by Gasteiger charge is -2.31. The van der Waals surface area contributed by atoms with Gasteiger partial charge in [-0.15, -0.1) is 7.92 Å². The fourth-order valence-electron chi connectivity index (χ4n) is 1.31. The van der Waals surface area contributed by atoms with E-state index in [0.717, 1.165) is 25.2 Å². The maximum Gasteiger partial charge on any atom is 0.0434 e. The molecule has 0 aromatic rings. The highest BCUT2D eigenvalue weighted by Crippen LogP contribution is 2.49. The Morgan fingerprint density at radius 1 is 0.923 bits per heavy atom. The van der Waals surface area contributed by atoms with E-state index in [2.05, 4.69) is 20.8 Å². The molecule has 0 saturated carbocycles. The largest absolute Gasteiger partial charge is 0.396 e. The summed E-state index contributed by atoms with van der Waals surface area (Å²) in [7, 11) is -0.0335. The zero-order valence-corrected chi connectivity index (χ0v) is 9.98. The second kappa shape index (κ2) is 6.75. The summed E-state index contributed by atoms with van der Waals surface area (Å²) in [6.45, 7) is 7.37. The SMILES string of the molecule is CC(C)(C)P(CCCO)CCCO. The molecule has 0 aliphatic rings. The van der Waals surface area contributed by atoms with Crippen LogP contribution in [0.5, 0.6) is 0 Å². The third kappa shape index (κ3) is 6.42. The normalized spacial score (nSPS) is 12.5. The highest BCUT2D eigenvalue weighted by molar-refractivity contribution is 7.59. The number of hydrogen-bond donors (Lipinski definition) is 2. The van der Waals surface area contributed by atoms with E-state index >= 15 is 0 Å². The maximum absolute atomic E-state index is 8.77. The summed E-state index contributed by atoms with van der Waals surface area (Å²) in [6.07, 6.45) is 4.09. The zero-order chi connectivity index (χ0) is 10.3. The molecule has 0 aliphatic carbocycles. The first-order valence-electron chi connectivity index (χ1n) is 4.99. The van der Waals surface area contributed by atoms with Gasteiger partial charge in [0.1, 0.15) is 0 Å². The van der Waals surface area contributed by atoms with Gasteiger partial charge in [-0.2, -0.15) is 0 Å². The monoisotopic (exact) mass is 206 g/mol. The first kappa shape index (κ1) is 13.4. The maximum atomic E-state index is 8.77. The molecule has 0 saturated heterocycles. The van der Waals surface area contributed by atoms with Crippen LogP contribution in [-0.2, 0) is 0 Å². The van der Waals surface area contributed by atoms with Gasteiger partial charge in [-0.25, -0.2) is 0 Å². The Labute approximate surface area is 83.1 Å². The van der Waals surface area contributed by atoms with E-state index in [-0.39, 0.29) is 7.92 Å². The third-order valence-electron chi connectivity index (χ3n) is 2.12. The van der Waals surface area contributed by atoms with Gasteiger partial charge in [-0.05, 0) is 30.3 Å². The minimum Gasteiger partial charge on any atom is -0.396 e. The van der Waals surface area contributed by atoms with Gasteiger partial charge >= 0.3 is 0 Å². The number of hydrogen-bond acceptors (Lipinski definition) is 2. The summed E-state index contributed by atoms with van der Waals surface area (Å²) in [5, 5.41) is 17.9. The molecule has 0 heterocycles. The van der Waals surface area contributed by atoms with Gasteiger partial charge in [0.05, 0.1) is 0 Å². The second-order valence-electron chi connectivity index (χ2n) is 4.31. The third-order valence-corrected chi connectivity index (χ3v) is 5.73. The summed E-state index contributed by atoms with van der Waals surface area (Å²) in [6, 6.07) is 0. The van der Waals surface area contributed by atoms with E-state index in [4.69, 9.17) is 10.2 Å². The molecule has 0 unspecified atom stereocenters. The van der Waals surface area contributed by atoms with Crippen molar-refractivity contribution in [1.29, 1.82) is 0 Å². The number of aliphatic hydroxyl groups excluding tert-OH is 2. The fraction of sp³-hybridized carbons (Fsp3) is 1.00. The van der Waals surface area contributed by atoms with Crippen LogP contribution < -0.4 is 0 Å². The van der Waals surface area contributed by atoms with Crippen molar-refractivity contribution in [3.05, 3.63) is 0 Å². The molecule has 0 amide bonds. The van der Waals surface area contributed by atoms with E-state index in [9.17, 15) is 0 Å². The molecule has 0 rings (SSSR count). The van der Waals surface area contributed by atoms with E-state index < -0.39 is 0 Å². The van der Waals surface area contributed by atoms with Crippen LogP contribution in [0.4, 0.5) is 0 Å². The first-order valence-corrected chi connectivity index (χ1v) is 6.70. The number of rotatable bonds is 6. The smallest absolute Gasteiger partial charge is 0.0434 e. The molecule has 2 N–H and O–H groups in total. The van der Waals surface area contributed by atoms with Crippen LogP contribution in [-0.4, -0.2) is 40.9 Å². The molecule has 80 valence electrons. The zero-order valence-electron chi connectivity index (χ0n) is 9.08. The summed E-state index contributed by atoms with van der Waals surface area (Å²) < 4.78 is 0. The van der Waals surface area contributed by atoms with Crippen LogP contribution >= 0.6 is 7.92 Å². The molecule has 0 aromatic carbocycles. The van der Waals surface area contributed by atoms with Gasteiger partial charge in [0.25, 0.3) is 0 Å². The van der Waals surface area contributed by atoms with Crippen LogP contribution in [0.25, 0.3) is 0 Å². The predicted octanol–water partition coefficient (Wildman–Crippen LogP) is 2.03.